The molecular weight excluding hydrogens is 289 g/mol. The molecule has 4 nitrogen and oxygen atoms in total. The third kappa shape index (κ3) is 6.14. The molecule has 19 heavy (non-hydrogen) atoms. The van der Waals surface area contributed by atoms with Crippen molar-refractivity contribution in [3.05, 3.63) is 33.8 Å². The number of alkyl carbamates (subject to hydrolysis) is 1. The number of aliphatic hydroxyl groups excluding tert-OH is 1. The van der Waals surface area contributed by atoms with Crippen molar-refractivity contribution in [2.24, 2.45) is 0 Å². The average Bonchev–Trinajstić information content (AvgIpc) is 2.22. The molecule has 1 amide bonds. The predicted octanol–water partition coefficient (Wildman–Crippen LogP) is 3.55. The number of nitrogens with one attached hydrogen (secondary N) is 1. The highest BCUT2D eigenvalue weighted by Crippen LogP contribution is 2.23. The molecule has 1 rings (SSSR count). The van der Waals surface area contributed by atoms with Gasteiger partial charge in [0, 0.05) is 10.0 Å². The first-order valence-corrected chi connectivity index (χ1v) is 6.54. The second-order valence-electron chi connectivity index (χ2n) is 5.10. The van der Waals surface area contributed by atoms with Gasteiger partial charge in [-0.25, -0.2) is 4.79 Å². The Morgan fingerprint density at radius 1 is 1.32 bits per heavy atom. The maximum Gasteiger partial charge on any atom is 0.407 e. The molecule has 0 aliphatic heterocycles. The Morgan fingerprint density at radius 3 is 2.32 bits per heavy atom. The lowest BCUT2D eigenvalue weighted by Gasteiger charge is -2.20. The minimum absolute atomic E-state index is 0.0194. The first-order valence-electron chi connectivity index (χ1n) is 5.78. The number of aliphatic hydroxyl groups is 1. The van der Waals surface area contributed by atoms with Crippen LogP contribution < -0.4 is 5.32 Å². The van der Waals surface area contributed by atoms with Crippen molar-refractivity contribution >= 4 is 29.3 Å². The molecule has 1 aromatic rings. The normalized spacial score (nSPS) is 12.9. The van der Waals surface area contributed by atoms with E-state index in [0.29, 0.717) is 15.6 Å². The number of ether oxygens (including phenoxy) is 1. The number of carbonyl (C=O) groups is 1. The molecule has 0 bridgehead atoms. The second kappa shape index (κ2) is 6.46. The molecule has 106 valence electrons. The number of hydrogen-bond donors (Lipinski definition) is 2. The average molecular weight is 306 g/mol. The summed E-state index contributed by atoms with van der Waals surface area (Å²) in [5, 5.41) is 13.3. The summed E-state index contributed by atoms with van der Waals surface area (Å²) in [6.07, 6.45) is -1.48. The third-order valence-corrected chi connectivity index (χ3v) is 2.54. The molecule has 0 aliphatic carbocycles. The number of amides is 1. The van der Waals surface area contributed by atoms with Crippen LogP contribution in [0.2, 0.25) is 10.0 Å². The van der Waals surface area contributed by atoms with Crippen LogP contribution in [-0.2, 0) is 4.74 Å². The molecule has 2 N–H and O–H groups in total. The highest BCUT2D eigenvalue weighted by Gasteiger charge is 2.17. The van der Waals surface area contributed by atoms with Gasteiger partial charge in [0.1, 0.15) is 5.60 Å². The van der Waals surface area contributed by atoms with Gasteiger partial charge in [-0.1, -0.05) is 23.2 Å². The summed E-state index contributed by atoms with van der Waals surface area (Å²) in [4.78, 5) is 11.4. The van der Waals surface area contributed by atoms with Crippen molar-refractivity contribution in [2.45, 2.75) is 32.5 Å². The van der Waals surface area contributed by atoms with Crippen LogP contribution in [0.5, 0.6) is 0 Å². The smallest absolute Gasteiger partial charge is 0.407 e. The molecule has 0 spiro atoms. The van der Waals surface area contributed by atoms with Crippen molar-refractivity contribution in [1.82, 2.24) is 5.32 Å². The topological polar surface area (TPSA) is 58.6 Å². The zero-order chi connectivity index (χ0) is 14.6. The highest BCUT2D eigenvalue weighted by atomic mass is 35.5. The molecule has 1 atom stereocenters. The van der Waals surface area contributed by atoms with Crippen LogP contribution in [0.3, 0.4) is 0 Å². The van der Waals surface area contributed by atoms with Gasteiger partial charge in [-0.2, -0.15) is 0 Å². The minimum Gasteiger partial charge on any atom is -0.444 e. The van der Waals surface area contributed by atoms with E-state index in [0.717, 1.165) is 0 Å². The lowest BCUT2D eigenvalue weighted by atomic mass is 10.1. The molecule has 0 saturated carbocycles. The number of benzene rings is 1. The largest absolute Gasteiger partial charge is 0.444 e. The van der Waals surface area contributed by atoms with Crippen LogP contribution in [0.25, 0.3) is 0 Å². The van der Waals surface area contributed by atoms with E-state index >= 15 is 0 Å². The fourth-order valence-electron chi connectivity index (χ4n) is 1.38. The van der Waals surface area contributed by atoms with Crippen LogP contribution in [0.1, 0.15) is 32.4 Å². The predicted molar refractivity (Wildman–Crippen MR) is 75.7 cm³/mol. The Morgan fingerprint density at radius 2 is 1.84 bits per heavy atom. The van der Waals surface area contributed by atoms with Crippen LogP contribution in [-0.4, -0.2) is 23.3 Å². The van der Waals surface area contributed by atoms with Crippen molar-refractivity contribution in [3.8, 4) is 0 Å². The Hall–Kier alpha value is -0.970. The van der Waals surface area contributed by atoms with E-state index in [1.807, 2.05) is 0 Å². The zero-order valence-electron chi connectivity index (χ0n) is 11.0. The fourth-order valence-corrected chi connectivity index (χ4v) is 1.92. The molecule has 0 aromatic heterocycles. The van der Waals surface area contributed by atoms with E-state index in [-0.39, 0.29) is 6.54 Å². The Kier molecular flexibility index (Phi) is 5.47. The summed E-state index contributed by atoms with van der Waals surface area (Å²) in [7, 11) is 0. The van der Waals surface area contributed by atoms with E-state index in [9.17, 15) is 9.90 Å². The van der Waals surface area contributed by atoms with E-state index in [1.54, 1.807) is 39.0 Å². The van der Waals surface area contributed by atoms with Crippen molar-refractivity contribution < 1.29 is 14.6 Å². The van der Waals surface area contributed by atoms with E-state index < -0.39 is 17.8 Å². The van der Waals surface area contributed by atoms with Gasteiger partial charge < -0.3 is 15.2 Å². The van der Waals surface area contributed by atoms with Gasteiger partial charge in [0.15, 0.2) is 0 Å². The molecule has 0 heterocycles. The van der Waals surface area contributed by atoms with Crippen molar-refractivity contribution in [1.29, 1.82) is 0 Å². The van der Waals surface area contributed by atoms with Crippen LogP contribution >= 0.6 is 23.2 Å². The number of carbonyl (C=O) groups excluding carboxylic acids is 1. The summed E-state index contributed by atoms with van der Waals surface area (Å²) >= 11 is 11.7. The second-order valence-corrected chi connectivity index (χ2v) is 5.97. The molecular formula is C13H17Cl2NO3. The molecule has 1 aromatic carbocycles. The van der Waals surface area contributed by atoms with Crippen LogP contribution in [0.4, 0.5) is 4.79 Å². The molecule has 1 unspecified atom stereocenters. The zero-order valence-corrected chi connectivity index (χ0v) is 12.5. The molecule has 0 fully saturated rings. The van der Waals surface area contributed by atoms with Gasteiger partial charge >= 0.3 is 6.09 Å². The SMILES string of the molecule is CC(C)(C)OC(=O)NCC(O)c1cc(Cl)cc(Cl)c1. The fraction of sp³-hybridized carbons (Fsp3) is 0.462. The van der Waals surface area contributed by atoms with Crippen molar-refractivity contribution in [2.75, 3.05) is 6.54 Å². The van der Waals surface area contributed by atoms with Gasteiger partial charge in [0.05, 0.1) is 12.6 Å². The van der Waals surface area contributed by atoms with E-state index in [1.165, 1.54) is 0 Å². The minimum atomic E-state index is -0.899. The molecule has 6 heteroatoms. The molecule has 0 saturated heterocycles. The van der Waals surface area contributed by atoms with E-state index in [4.69, 9.17) is 27.9 Å². The highest BCUT2D eigenvalue weighted by molar-refractivity contribution is 6.34. The Labute approximate surface area is 122 Å². The van der Waals surface area contributed by atoms with Gasteiger partial charge in [-0.15, -0.1) is 0 Å². The lowest BCUT2D eigenvalue weighted by Crippen LogP contribution is -2.34. The summed E-state index contributed by atoms with van der Waals surface area (Å²) in [6.45, 7) is 5.31. The maximum absolute atomic E-state index is 11.4. The lowest BCUT2D eigenvalue weighted by molar-refractivity contribution is 0.0492. The summed E-state index contributed by atoms with van der Waals surface area (Å²) in [6, 6.07) is 4.75. The van der Waals surface area contributed by atoms with Crippen LogP contribution in [0, 0.1) is 0 Å². The van der Waals surface area contributed by atoms with Gasteiger partial charge in [-0.3, -0.25) is 0 Å². The Bertz CT molecular complexity index is 437. The van der Waals surface area contributed by atoms with Gasteiger partial charge in [0.25, 0.3) is 0 Å². The quantitative estimate of drug-likeness (QED) is 0.898. The Balaban J connectivity index is 2.56. The van der Waals surface area contributed by atoms with Crippen molar-refractivity contribution in [3.63, 3.8) is 0 Å². The maximum atomic E-state index is 11.4. The summed E-state index contributed by atoms with van der Waals surface area (Å²) in [5.41, 5.74) is -0.0393. The number of halogens is 2. The van der Waals surface area contributed by atoms with E-state index in [2.05, 4.69) is 5.32 Å². The summed E-state index contributed by atoms with van der Waals surface area (Å²) in [5.74, 6) is 0. The third-order valence-electron chi connectivity index (χ3n) is 2.11. The van der Waals surface area contributed by atoms with Gasteiger partial charge in [-0.05, 0) is 44.5 Å². The summed E-state index contributed by atoms with van der Waals surface area (Å²) < 4.78 is 5.06. The number of hydrogen-bond acceptors (Lipinski definition) is 3. The first-order chi connectivity index (χ1) is 8.67. The first kappa shape index (κ1) is 16.1. The molecule has 0 radical (unpaired) electrons. The molecule has 0 aliphatic rings. The van der Waals surface area contributed by atoms with Crippen LogP contribution in [0.15, 0.2) is 18.2 Å². The standard InChI is InChI=1S/C13H17Cl2NO3/c1-13(2,3)19-12(18)16-7-11(17)8-4-9(14)6-10(15)5-8/h4-6,11,17H,7H2,1-3H3,(H,16,18). The number of rotatable bonds is 3. The van der Waals surface area contributed by atoms with Gasteiger partial charge in [0.2, 0.25) is 0 Å². The monoisotopic (exact) mass is 305 g/mol.